The van der Waals surface area contributed by atoms with Crippen molar-refractivity contribution in [1.29, 1.82) is 0 Å². The third-order valence-electron chi connectivity index (χ3n) is 0.772. The first-order valence-corrected chi connectivity index (χ1v) is 2.98. The molecule has 0 aliphatic heterocycles. The molecule has 0 heterocycles. The third kappa shape index (κ3) is 7.22. The minimum absolute atomic E-state index is 0.846. The van der Waals surface area contributed by atoms with E-state index >= 15 is 0 Å². The van der Waals surface area contributed by atoms with Crippen LogP contribution in [0.25, 0.3) is 0 Å². The molecule has 0 aromatic carbocycles. The average molecular weight is 120 g/mol. The van der Waals surface area contributed by atoms with Gasteiger partial charge in [-0.25, -0.2) is 0 Å². The van der Waals surface area contributed by atoms with Gasteiger partial charge in [0.15, 0.2) is 0 Å². The smallest absolute Gasteiger partial charge is 0.0313 e. The van der Waals surface area contributed by atoms with E-state index in [1.54, 1.807) is 6.08 Å². The lowest BCUT2D eigenvalue weighted by molar-refractivity contribution is 1.40. The molecule has 0 aromatic rings. The molecular weight excluding hydrogens is 108 g/mol. The molecule has 0 N–H and O–H groups in total. The minimum Gasteiger partial charge on any atom is -0.0845 e. The lowest BCUT2D eigenvalue weighted by Gasteiger charge is -1.72. The van der Waals surface area contributed by atoms with E-state index in [9.17, 15) is 0 Å². The van der Waals surface area contributed by atoms with Crippen molar-refractivity contribution >= 4 is 0 Å². The van der Waals surface area contributed by atoms with E-state index in [0.29, 0.717) is 0 Å². The summed E-state index contributed by atoms with van der Waals surface area (Å²) in [6.45, 7) is 7.19. The molecule has 9 heavy (non-hydrogen) atoms. The molecule has 0 amide bonds. The maximum atomic E-state index is 3.65. The van der Waals surface area contributed by atoms with Crippen molar-refractivity contribution in [1.82, 2.24) is 0 Å². The van der Waals surface area contributed by atoms with Gasteiger partial charge < -0.3 is 0 Å². The first-order chi connectivity index (χ1) is 4.41. The molecule has 0 aliphatic carbocycles. The molecular formula is C9H12. The highest BCUT2D eigenvalue weighted by atomic mass is 13.7. The first kappa shape index (κ1) is 8.22. The molecule has 0 unspecified atom stereocenters. The topological polar surface area (TPSA) is 0 Å². The fourth-order valence-electron chi connectivity index (χ4n) is 0.382. The van der Waals surface area contributed by atoms with E-state index in [-0.39, 0.29) is 0 Å². The second-order valence-corrected chi connectivity index (χ2v) is 1.53. The molecule has 0 aromatic heterocycles. The van der Waals surface area contributed by atoms with Crippen LogP contribution in [0, 0.1) is 13.8 Å². The Morgan fingerprint density at radius 3 is 2.22 bits per heavy atom. The number of hydrogen-bond donors (Lipinski definition) is 0. The number of allylic oxidation sites excluding steroid dienone is 6. The second-order valence-electron chi connectivity index (χ2n) is 1.53. The summed E-state index contributed by atoms with van der Waals surface area (Å²) in [5, 5.41) is 0. The lowest BCUT2D eigenvalue weighted by atomic mass is 10.4. The van der Waals surface area contributed by atoms with Gasteiger partial charge in [-0.2, -0.15) is 0 Å². The summed E-state index contributed by atoms with van der Waals surface area (Å²) in [6.07, 6.45) is 12.3. The Morgan fingerprint density at radius 1 is 1.00 bits per heavy atom. The van der Waals surface area contributed by atoms with E-state index in [1.807, 2.05) is 30.4 Å². The molecule has 0 saturated carbocycles. The number of hydrogen-bond acceptors (Lipinski definition) is 0. The Bertz CT molecular complexity index is 116. The number of rotatable bonds is 3. The Labute approximate surface area is 57.6 Å². The molecule has 0 aliphatic rings. The van der Waals surface area contributed by atoms with Gasteiger partial charge >= 0.3 is 0 Å². The maximum absolute atomic E-state index is 3.65. The Balaban J connectivity index is 3.35. The summed E-state index contributed by atoms with van der Waals surface area (Å²) in [5.41, 5.74) is 0. The van der Waals surface area contributed by atoms with Crippen molar-refractivity contribution < 1.29 is 0 Å². The van der Waals surface area contributed by atoms with Crippen molar-refractivity contribution in [2.24, 2.45) is 0 Å². The quantitative estimate of drug-likeness (QED) is 0.502. The summed E-state index contributed by atoms with van der Waals surface area (Å²) in [5.74, 6) is 0. The predicted octanol–water partition coefficient (Wildman–Crippen LogP) is 2.71. The highest BCUT2D eigenvalue weighted by Gasteiger charge is 1.60. The highest BCUT2D eigenvalue weighted by Crippen LogP contribution is 1.81. The van der Waals surface area contributed by atoms with Crippen LogP contribution in [0.1, 0.15) is 6.42 Å². The molecule has 2 radical (unpaired) electrons. The van der Waals surface area contributed by atoms with E-state index in [4.69, 9.17) is 0 Å². The fraction of sp³-hybridized carbons (Fsp3) is 0.111. The van der Waals surface area contributed by atoms with Gasteiger partial charge in [-0.15, -0.1) is 0 Å². The van der Waals surface area contributed by atoms with Crippen molar-refractivity contribution in [3.05, 3.63) is 50.3 Å². The Morgan fingerprint density at radius 2 is 1.67 bits per heavy atom. The summed E-state index contributed by atoms with van der Waals surface area (Å²) in [4.78, 5) is 0. The van der Waals surface area contributed by atoms with Gasteiger partial charge in [0.05, 0.1) is 0 Å². The third-order valence-corrected chi connectivity index (χ3v) is 0.772. The van der Waals surface area contributed by atoms with E-state index in [1.165, 1.54) is 0 Å². The van der Waals surface area contributed by atoms with Crippen LogP contribution in [0.5, 0.6) is 0 Å². The Kier molecular flexibility index (Phi) is 6.59. The van der Waals surface area contributed by atoms with Gasteiger partial charge in [-0.05, 0) is 20.3 Å². The second kappa shape index (κ2) is 7.22. The van der Waals surface area contributed by atoms with Gasteiger partial charge in [0.1, 0.15) is 0 Å². The van der Waals surface area contributed by atoms with Gasteiger partial charge in [0.2, 0.25) is 0 Å². The van der Waals surface area contributed by atoms with Crippen LogP contribution < -0.4 is 0 Å². The molecule has 0 fully saturated rings. The van der Waals surface area contributed by atoms with Crippen LogP contribution in [0.15, 0.2) is 36.5 Å². The van der Waals surface area contributed by atoms with Crippen LogP contribution in [0.4, 0.5) is 0 Å². The first-order valence-electron chi connectivity index (χ1n) is 2.98. The van der Waals surface area contributed by atoms with Crippen LogP contribution in [0.2, 0.25) is 0 Å². The van der Waals surface area contributed by atoms with E-state index in [0.717, 1.165) is 6.42 Å². The van der Waals surface area contributed by atoms with Gasteiger partial charge in [0.25, 0.3) is 0 Å². The van der Waals surface area contributed by atoms with Crippen molar-refractivity contribution in [2.75, 3.05) is 0 Å². The van der Waals surface area contributed by atoms with Crippen LogP contribution in [-0.4, -0.2) is 0 Å². The normalized spacial score (nSPS) is 12.7. The summed E-state index contributed by atoms with van der Waals surface area (Å²) in [7, 11) is 0. The largest absolute Gasteiger partial charge is 0.0845 e. The average Bonchev–Trinajstić information content (AvgIpc) is 1.89. The van der Waals surface area contributed by atoms with Gasteiger partial charge in [-0.1, -0.05) is 36.5 Å². The summed E-state index contributed by atoms with van der Waals surface area (Å²) in [6, 6.07) is 0. The highest BCUT2D eigenvalue weighted by molar-refractivity contribution is 5.11. The molecule has 0 atom stereocenters. The summed E-state index contributed by atoms with van der Waals surface area (Å²) < 4.78 is 0. The molecule has 0 bridgehead atoms. The van der Waals surface area contributed by atoms with Crippen LogP contribution in [-0.2, 0) is 0 Å². The molecule has 0 spiro atoms. The van der Waals surface area contributed by atoms with Gasteiger partial charge in [0, 0.05) is 0 Å². The standard InChI is InChI=1S/C9H12/c1-3-5-7-9-8-6-4-2/h3,5-9H,1-2,4H2. The van der Waals surface area contributed by atoms with Crippen molar-refractivity contribution in [3.63, 3.8) is 0 Å². The van der Waals surface area contributed by atoms with Crippen LogP contribution >= 0.6 is 0 Å². The van der Waals surface area contributed by atoms with Gasteiger partial charge in [-0.3, -0.25) is 0 Å². The molecule has 48 valence electrons. The molecule has 0 nitrogen and oxygen atoms in total. The zero-order chi connectivity index (χ0) is 6.95. The van der Waals surface area contributed by atoms with Crippen LogP contribution in [0.3, 0.4) is 0 Å². The zero-order valence-electron chi connectivity index (χ0n) is 5.59. The monoisotopic (exact) mass is 120 g/mol. The Hall–Kier alpha value is -0.780. The van der Waals surface area contributed by atoms with Crippen molar-refractivity contribution in [3.8, 4) is 0 Å². The van der Waals surface area contributed by atoms with Crippen molar-refractivity contribution in [2.45, 2.75) is 6.42 Å². The lowest BCUT2D eigenvalue weighted by Crippen LogP contribution is -1.51. The zero-order valence-corrected chi connectivity index (χ0v) is 5.59. The SMILES string of the molecule is [CH2]C=CC=CC=CC[CH2]. The van der Waals surface area contributed by atoms with E-state index < -0.39 is 0 Å². The molecule has 0 rings (SSSR count). The maximum Gasteiger partial charge on any atom is -0.0313 e. The fourth-order valence-corrected chi connectivity index (χ4v) is 0.382. The molecule has 0 saturated heterocycles. The van der Waals surface area contributed by atoms with E-state index in [2.05, 4.69) is 13.8 Å². The molecule has 0 heteroatoms. The predicted molar refractivity (Wildman–Crippen MR) is 42.8 cm³/mol. The summed E-state index contributed by atoms with van der Waals surface area (Å²) >= 11 is 0. The minimum atomic E-state index is 0.846.